The molecule has 0 radical (unpaired) electrons. The topological polar surface area (TPSA) is 77.3 Å². The summed E-state index contributed by atoms with van der Waals surface area (Å²) in [5, 5.41) is 0. The number of pyridine rings is 1. The predicted octanol–water partition coefficient (Wildman–Crippen LogP) is 15.3. The first-order valence-corrected chi connectivity index (χ1v) is 22.8. The van der Waals surface area contributed by atoms with Crippen molar-refractivity contribution in [1.82, 2.24) is 29.9 Å². The first kappa shape index (κ1) is 41.7. The van der Waals surface area contributed by atoms with Crippen molar-refractivity contribution in [3.63, 3.8) is 0 Å². The van der Waals surface area contributed by atoms with Gasteiger partial charge in [-0.25, -0.2) is 24.9 Å². The molecular formula is C62H44N6. The molecule has 0 aliphatic rings. The molecule has 0 atom stereocenters. The minimum Gasteiger partial charge on any atom is -0.258 e. The highest BCUT2D eigenvalue weighted by atomic mass is 15.0. The Kier molecular flexibility index (Phi) is 11.3. The van der Waals surface area contributed by atoms with Crippen molar-refractivity contribution < 1.29 is 0 Å². The number of hydrogen-bond donors (Lipinski definition) is 0. The third-order valence-electron chi connectivity index (χ3n) is 12.0. The van der Waals surface area contributed by atoms with Gasteiger partial charge in [-0.2, -0.15) is 0 Å². The Hall–Kier alpha value is -9.00. The fraction of sp³-hybridized carbons (Fsp3) is 0.0323. The second kappa shape index (κ2) is 18.5. The first-order chi connectivity index (χ1) is 33.5. The Labute approximate surface area is 396 Å². The Morgan fingerprint density at radius 3 is 0.912 bits per heavy atom. The zero-order valence-corrected chi connectivity index (χ0v) is 37.6. The monoisotopic (exact) mass is 872 g/mol. The fourth-order valence-corrected chi connectivity index (χ4v) is 8.71. The smallest absolute Gasteiger partial charge is 0.164 e. The molecule has 0 saturated carbocycles. The molecule has 3 heterocycles. The van der Waals surface area contributed by atoms with Gasteiger partial charge in [0.1, 0.15) is 0 Å². The van der Waals surface area contributed by atoms with Crippen molar-refractivity contribution in [3.05, 3.63) is 242 Å². The molecule has 11 aromatic rings. The summed E-state index contributed by atoms with van der Waals surface area (Å²) in [7, 11) is 0. The second-order valence-electron chi connectivity index (χ2n) is 16.9. The van der Waals surface area contributed by atoms with Gasteiger partial charge in [0.2, 0.25) is 0 Å². The van der Waals surface area contributed by atoms with Crippen LogP contribution < -0.4 is 0 Å². The average Bonchev–Trinajstić information content (AvgIpc) is 3.41. The number of hydrogen-bond acceptors (Lipinski definition) is 6. The van der Waals surface area contributed by atoms with Crippen molar-refractivity contribution in [1.29, 1.82) is 0 Å². The molecule has 0 bridgehead atoms. The minimum atomic E-state index is 0.606. The molecule has 0 N–H and O–H groups in total. The van der Waals surface area contributed by atoms with Crippen molar-refractivity contribution in [2.75, 3.05) is 0 Å². The minimum absolute atomic E-state index is 0.606. The van der Waals surface area contributed by atoms with E-state index in [9.17, 15) is 0 Å². The highest BCUT2D eigenvalue weighted by Gasteiger charge is 2.16. The SMILES string of the molecule is Cc1cc(-c2cc(-c3cccc(-c4cc(-c5cccc(-c6ccccc6)c5)nc(-c5ccccc5)n4)c3)cc(-c3cccc(-c4nc(-c5ccccc5)nc(-c5ccccc5)n4)c3)c2)cc(C)n1. The maximum absolute atomic E-state index is 5.22. The molecule has 0 aliphatic heterocycles. The zero-order chi connectivity index (χ0) is 45.8. The quantitative estimate of drug-likeness (QED) is 0.136. The summed E-state index contributed by atoms with van der Waals surface area (Å²) in [5.41, 5.74) is 18.1. The van der Waals surface area contributed by atoms with Gasteiger partial charge in [0.15, 0.2) is 23.3 Å². The van der Waals surface area contributed by atoms with E-state index < -0.39 is 0 Å². The van der Waals surface area contributed by atoms with Gasteiger partial charge in [-0.05, 0) is 113 Å². The van der Waals surface area contributed by atoms with Crippen LogP contribution in [0.5, 0.6) is 0 Å². The highest BCUT2D eigenvalue weighted by molar-refractivity contribution is 5.85. The molecule has 68 heavy (non-hydrogen) atoms. The molecule has 322 valence electrons. The number of rotatable bonds is 10. The summed E-state index contributed by atoms with van der Waals surface area (Å²) in [5.74, 6) is 2.53. The molecule has 0 amide bonds. The van der Waals surface area contributed by atoms with Crippen LogP contribution in [0.4, 0.5) is 0 Å². The van der Waals surface area contributed by atoms with Crippen LogP contribution in [0.2, 0.25) is 0 Å². The number of benzene rings is 8. The van der Waals surface area contributed by atoms with Gasteiger partial charge >= 0.3 is 0 Å². The van der Waals surface area contributed by atoms with Crippen molar-refractivity contribution >= 4 is 0 Å². The lowest BCUT2D eigenvalue weighted by molar-refractivity contribution is 1.07. The van der Waals surface area contributed by atoms with Crippen molar-refractivity contribution in [2.24, 2.45) is 0 Å². The molecule has 6 nitrogen and oxygen atoms in total. The number of nitrogens with zero attached hydrogens (tertiary/aromatic N) is 6. The van der Waals surface area contributed by atoms with Gasteiger partial charge in [-0.3, -0.25) is 4.98 Å². The number of aryl methyl sites for hydroxylation is 2. The molecule has 0 aliphatic carbocycles. The predicted molar refractivity (Wildman–Crippen MR) is 277 cm³/mol. The van der Waals surface area contributed by atoms with Crippen LogP contribution in [-0.4, -0.2) is 29.9 Å². The normalized spacial score (nSPS) is 11.1. The molecule has 0 fully saturated rings. The van der Waals surface area contributed by atoms with E-state index in [1.54, 1.807) is 0 Å². The van der Waals surface area contributed by atoms with Gasteiger partial charge in [0.25, 0.3) is 0 Å². The van der Waals surface area contributed by atoms with Gasteiger partial charge in [0, 0.05) is 44.8 Å². The van der Waals surface area contributed by atoms with Crippen LogP contribution in [0.3, 0.4) is 0 Å². The van der Waals surface area contributed by atoms with Crippen LogP contribution in [0.1, 0.15) is 11.4 Å². The lowest BCUT2D eigenvalue weighted by atomic mass is 9.92. The van der Waals surface area contributed by atoms with Gasteiger partial charge in [-0.15, -0.1) is 0 Å². The summed E-state index contributed by atoms with van der Waals surface area (Å²) in [4.78, 5) is 30.1. The Morgan fingerprint density at radius 2 is 0.471 bits per heavy atom. The maximum Gasteiger partial charge on any atom is 0.164 e. The highest BCUT2D eigenvalue weighted by Crippen LogP contribution is 2.37. The first-order valence-electron chi connectivity index (χ1n) is 22.8. The zero-order valence-electron chi connectivity index (χ0n) is 37.6. The van der Waals surface area contributed by atoms with E-state index >= 15 is 0 Å². The van der Waals surface area contributed by atoms with E-state index in [1.807, 2.05) is 98.8 Å². The van der Waals surface area contributed by atoms with Crippen LogP contribution in [0.25, 0.3) is 113 Å². The molecule has 0 spiro atoms. The third-order valence-corrected chi connectivity index (χ3v) is 12.0. The van der Waals surface area contributed by atoms with Crippen LogP contribution in [0, 0.1) is 13.8 Å². The summed E-state index contributed by atoms with van der Waals surface area (Å²) >= 11 is 0. The lowest BCUT2D eigenvalue weighted by Gasteiger charge is -2.14. The van der Waals surface area contributed by atoms with Crippen LogP contribution >= 0.6 is 0 Å². The molecule has 11 rings (SSSR count). The van der Waals surface area contributed by atoms with Crippen LogP contribution in [-0.2, 0) is 0 Å². The van der Waals surface area contributed by atoms with Crippen LogP contribution in [0.15, 0.2) is 231 Å². The molecule has 0 unspecified atom stereocenters. The van der Waals surface area contributed by atoms with E-state index in [2.05, 4.69) is 146 Å². The summed E-state index contributed by atoms with van der Waals surface area (Å²) in [6.07, 6.45) is 0. The number of aromatic nitrogens is 6. The van der Waals surface area contributed by atoms with Gasteiger partial charge < -0.3 is 0 Å². The molecule has 0 saturated heterocycles. The van der Waals surface area contributed by atoms with Gasteiger partial charge in [-0.1, -0.05) is 176 Å². The van der Waals surface area contributed by atoms with E-state index in [0.29, 0.717) is 23.3 Å². The lowest BCUT2D eigenvalue weighted by Crippen LogP contribution is -2.00. The largest absolute Gasteiger partial charge is 0.258 e. The maximum atomic E-state index is 5.22. The van der Waals surface area contributed by atoms with Crippen molar-refractivity contribution in [2.45, 2.75) is 13.8 Å². The Balaban J connectivity index is 1.03. The second-order valence-corrected chi connectivity index (χ2v) is 16.9. The Bertz CT molecular complexity index is 3500. The van der Waals surface area contributed by atoms with E-state index in [0.717, 1.165) is 101 Å². The third kappa shape index (κ3) is 8.99. The summed E-state index contributed by atoms with van der Waals surface area (Å²) in [6, 6.07) is 79.8. The standard InChI is InChI=1S/C62H44N6/c1-41-32-53(33-42(2)63-41)56-38-54(37-55(39-56)49-28-17-31-52(36-49)62-67-60(45-22-11-5-12-23-45)66-61(68-62)46-24-13-6-14-25-46)48-27-16-30-51(35-48)58-40-57(64-59(65-58)44-20-9-4-10-21-44)50-29-15-26-47(34-50)43-18-7-3-8-19-43/h3-40H,1-2H3. The molecular weight excluding hydrogens is 829 g/mol. The van der Waals surface area contributed by atoms with E-state index in [1.165, 1.54) is 0 Å². The van der Waals surface area contributed by atoms with E-state index in [4.69, 9.17) is 29.9 Å². The van der Waals surface area contributed by atoms with E-state index in [-0.39, 0.29) is 0 Å². The van der Waals surface area contributed by atoms with Gasteiger partial charge in [0.05, 0.1) is 11.4 Å². The summed E-state index contributed by atoms with van der Waals surface area (Å²) in [6.45, 7) is 4.10. The molecule has 6 heteroatoms. The van der Waals surface area contributed by atoms with Crippen molar-refractivity contribution in [3.8, 4) is 113 Å². The molecule has 3 aromatic heterocycles. The Morgan fingerprint density at radius 1 is 0.191 bits per heavy atom. The average molecular weight is 873 g/mol. The fourth-order valence-electron chi connectivity index (χ4n) is 8.71. The summed E-state index contributed by atoms with van der Waals surface area (Å²) < 4.78 is 0. The molecule has 8 aromatic carbocycles.